The highest BCUT2D eigenvalue weighted by Gasteiger charge is 2.37. The van der Waals surface area contributed by atoms with Crippen LogP contribution in [0.25, 0.3) is 16.6 Å². The van der Waals surface area contributed by atoms with Gasteiger partial charge in [-0.2, -0.15) is 13.2 Å². The molecule has 158 valence electrons. The van der Waals surface area contributed by atoms with Gasteiger partial charge in [0.15, 0.2) is 0 Å². The van der Waals surface area contributed by atoms with Crippen molar-refractivity contribution in [3.63, 3.8) is 0 Å². The maximum atomic E-state index is 12.9. The Morgan fingerprint density at radius 1 is 1.00 bits per heavy atom. The molecule has 0 amide bonds. The number of aromatic nitrogens is 2. The van der Waals surface area contributed by atoms with E-state index in [1.54, 1.807) is 19.1 Å². The summed E-state index contributed by atoms with van der Waals surface area (Å²) >= 11 is 0. The van der Waals surface area contributed by atoms with Gasteiger partial charge in [-0.15, -0.1) is 0 Å². The fourth-order valence-corrected chi connectivity index (χ4v) is 3.16. The van der Waals surface area contributed by atoms with E-state index in [0.717, 1.165) is 35.2 Å². The van der Waals surface area contributed by atoms with Crippen molar-refractivity contribution in [2.75, 3.05) is 6.54 Å². The van der Waals surface area contributed by atoms with E-state index in [4.69, 9.17) is 0 Å². The van der Waals surface area contributed by atoms with Crippen LogP contribution in [-0.2, 0) is 12.7 Å². The molecule has 0 bridgehead atoms. The van der Waals surface area contributed by atoms with Crippen LogP contribution in [0.5, 0.6) is 0 Å². The van der Waals surface area contributed by atoms with Gasteiger partial charge in [0, 0.05) is 25.4 Å². The standard InChI is InChI=1S/C11H10F4N2.C11H10FN/c1-2-5-17-9-4-3-7(12)6-8(9)16-10(17)11(13,14)15;12-11-3-1-9(2-4-11)10-5-7-13-8-6-10/h3-4,6H,2,5H2,1H3;1-5,7H,6,8H2. The first kappa shape index (κ1) is 21.7. The molecule has 0 radical (unpaired) electrons. The highest BCUT2D eigenvalue weighted by molar-refractivity contribution is 5.86. The molecule has 0 fully saturated rings. The van der Waals surface area contributed by atoms with Crippen molar-refractivity contribution in [2.24, 2.45) is 4.99 Å². The molecule has 0 spiro atoms. The minimum Gasteiger partial charge on any atom is -0.320 e. The van der Waals surface area contributed by atoms with Crippen LogP contribution in [0.3, 0.4) is 0 Å². The zero-order valence-corrected chi connectivity index (χ0v) is 16.3. The molecule has 3 aromatic rings. The second kappa shape index (κ2) is 9.19. The van der Waals surface area contributed by atoms with Crippen molar-refractivity contribution >= 4 is 22.8 Å². The molecule has 0 N–H and O–H groups in total. The highest BCUT2D eigenvalue weighted by atomic mass is 19.4. The van der Waals surface area contributed by atoms with Crippen molar-refractivity contribution in [1.29, 1.82) is 0 Å². The number of hydrogen-bond acceptors (Lipinski definition) is 2. The van der Waals surface area contributed by atoms with Crippen LogP contribution in [0, 0.1) is 11.6 Å². The minimum atomic E-state index is -4.52. The first-order valence-electron chi connectivity index (χ1n) is 9.47. The van der Waals surface area contributed by atoms with Crippen LogP contribution in [0.15, 0.2) is 53.5 Å². The van der Waals surface area contributed by atoms with Gasteiger partial charge in [-0.1, -0.05) is 19.1 Å². The van der Waals surface area contributed by atoms with Gasteiger partial charge in [-0.25, -0.2) is 13.8 Å². The molecule has 0 unspecified atom stereocenters. The molecule has 30 heavy (non-hydrogen) atoms. The van der Waals surface area contributed by atoms with Crippen molar-refractivity contribution in [3.05, 3.63) is 71.6 Å². The maximum absolute atomic E-state index is 12.9. The quantitative estimate of drug-likeness (QED) is 0.457. The summed E-state index contributed by atoms with van der Waals surface area (Å²) in [5, 5.41) is 0. The van der Waals surface area contributed by atoms with Crippen molar-refractivity contribution in [3.8, 4) is 0 Å². The molecule has 0 atom stereocenters. The van der Waals surface area contributed by atoms with E-state index in [1.165, 1.54) is 23.8 Å². The molecule has 1 aliphatic rings. The average Bonchev–Trinajstić information content (AvgIpc) is 3.08. The number of rotatable bonds is 3. The Labute approximate surface area is 170 Å². The molecule has 2 aromatic carbocycles. The van der Waals surface area contributed by atoms with E-state index in [-0.39, 0.29) is 17.9 Å². The molecular weight excluding hydrogens is 401 g/mol. The fraction of sp³-hybridized carbons (Fsp3) is 0.273. The number of imidazole rings is 1. The number of aryl methyl sites for hydroxylation is 1. The fourth-order valence-electron chi connectivity index (χ4n) is 3.16. The number of aliphatic imine (C=N–C) groups is 1. The van der Waals surface area contributed by atoms with Crippen molar-refractivity contribution in [2.45, 2.75) is 32.5 Å². The number of dihydropyridines is 1. The lowest BCUT2D eigenvalue weighted by atomic mass is 10.0. The highest BCUT2D eigenvalue weighted by Crippen LogP contribution is 2.31. The van der Waals surface area contributed by atoms with E-state index < -0.39 is 17.8 Å². The summed E-state index contributed by atoms with van der Waals surface area (Å²) in [6.07, 6.45) is 0.762. The molecule has 0 aliphatic carbocycles. The third-order valence-corrected chi connectivity index (χ3v) is 4.52. The Hall–Kier alpha value is -3.03. The topological polar surface area (TPSA) is 30.2 Å². The third kappa shape index (κ3) is 5.11. The number of allylic oxidation sites excluding steroid dienone is 1. The SMILES string of the molecule is CCCn1c(C(F)(F)F)nc2cc(F)ccc21.Fc1ccc(C2=CC=NCC2)cc1. The Bertz CT molecular complexity index is 1060. The molecular formula is C22H20F5N3. The number of halogens is 5. The largest absolute Gasteiger partial charge is 0.449 e. The van der Waals surface area contributed by atoms with Crippen LogP contribution in [0.1, 0.15) is 31.2 Å². The van der Waals surface area contributed by atoms with E-state index in [9.17, 15) is 22.0 Å². The van der Waals surface area contributed by atoms with Crippen molar-refractivity contribution < 1.29 is 22.0 Å². The lowest BCUT2D eigenvalue weighted by molar-refractivity contribution is -0.146. The molecule has 0 saturated heterocycles. The number of hydrogen-bond donors (Lipinski definition) is 0. The predicted octanol–water partition coefficient (Wildman–Crippen LogP) is 6.29. The number of nitrogens with zero attached hydrogens (tertiary/aromatic N) is 3. The predicted molar refractivity (Wildman–Crippen MR) is 107 cm³/mol. The van der Waals surface area contributed by atoms with Crippen LogP contribution in [0.2, 0.25) is 0 Å². The molecule has 3 nitrogen and oxygen atoms in total. The van der Waals surface area contributed by atoms with Gasteiger partial charge in [0.05, 0.1) is 11.0 Å². The van der Waals surface area contributed by atoms with E-state index in [0.29, 0.717) is 11.9 Å². The smallest absolute Gasteiger partial charge is 0.320 e. The Morgan fingerprint density at radius 3 is 2.30 bits per heavy atom. The summed E-state index contributed by atoms with van der Waals surface area (Å²) in [4.78, 5) is 7.56. The number of benzene rings is 2. The average molecular weight is 421 g/mol. The second-order valence-electron chi connectivity index (χ2n) is 6.72. The number of fused-ring (bicyclic) bond motifs is 1. The summed E-state index contributed by atoms with van der Waals surface area (Å²) in [6, 6.07) is 10.1. The van der Waals surface area contributed by atoms with Gasteiger partial charge >= 0.3 is 6.18 Å². The Balaban J connectivity index is 0.000000177. The molecule has 8 heteroatoms. The Morgan fingerprint density at radius 2 is 1.70 bits per heavy atom. The zero-order valence-electron chi connectivity index (χ0n) is 16.3. The molecule has 1 aliphatic heterocycles. The lowest BCUT2D eigenvalue weighted by Crippen LogP contribution is -2.14. The summed E-state index contributed by atoms with van der Waals surface area (Å²) in [5.74, 6) is -1.75. The number of alkyl halides is 3. The van der Waals surface area contributed by atoms with Crippen LogP contribution in [0.4, 0.5) is 22.0 Å². The summed E-state index contributed by atoms with van der Waals surface area (Å²) < 4.78 is 64.8. The van der Waals surface area contributed by atoms with Crippen LogP contribution in [-0.4, -0.2) is 22.3 Å². The monoisotopic (exact) mass is 421 g/mol. The first-order chi connectivity index (χ1) is 14.3. The van der Waals surface area contributed by atoms with Gasteiger partial charge in [-0.3, -0.25) is 4.99 Å². The summed E-state index contributed by atoms with van der Waals surface area (Å²) in [7, 11) is 0. The van der Waals surface area contributed by atoms with Gasteiger partial charge in [-0.05, 0) is 54.3 Å². The van der Waals surface area contributed by atoms with E-state index in [1.807, 2.05) is 12.3 Å². The second-order valence-corrected chi connectivity index (χ2v) is 6.72. The van der Waals surface area contributed by atoms with E-state index in [2.05, 4.69) is 9.98 Å². The van der Waals surface area contributed by atoms with Gasteiger partial charge in [0.2, 0.25) is 5.82 Å². The van der Waals surface area contributed by atoms with Crippen molar-refractivity contribution in [1.82, 2.24) is 9.55 Å². The summed E-state index contributed by atoms with van der Waals surface area (Å²) in [6.45, 7) is 2.82. The van der Waals surface area contributed by atoms with Crippen LogP contribution >= 0.6 is 0 Å². The van der Waals surface area contributed by atoms with Gasteiger partial charge in [0.1, 0.15) is 11.6 Å². The van der Waals surface area contributed by atoms with E-state index >= 15 is 0 Å². The lowest BCUT2D eigenvalue weighted by Gasteiger charge is -2.09. The molecule has 2 heterocycles. The molecule has 0 saturated carbocycles. The van der Waals surface area contributed by atoms with Gasteiger partial charge < -0.3 is 4.57 Å². The van der Waals surface area contributed by atoms with Gasteiger partial charge in [0.25, 0.3) is 0 Å². The zero-order chi connectivity index (χ0) is 21.7. The molecule has 1 aromatic heterocycles. The third-order valence-electron chi connectivity index (χ3n) is 4.52. The minimum absolute atomic E-state index is 0.0331. The summed E-state index contributed by atoms with van der Waals surface area (Å²) in [5.41, 5.74) is 2.66. The maximum Gasteiger partial charge on any atom is 0.449 e. The first-order valence-corrected chi connectivity index (χ1v) is 9.47. The van der Waals surface area contributed by atoms with Crippen LogP contribution < -0.4 is 0 Å². The normalized spacial score (nSPS) is 13.7. The molecule has 4 rings (SSSR count). The Kier molecular flexibility index (Phi) is 6.64.